The first kappa shape index (κ1) is 15.3. The SMILES string of the molecule is CCn1nc(C)c(N)c1NCCC(=O)NCCOC. The number of rotatable bonds is 8. The van der Waals surface area contributed by atoms with Gasteiger partial charge in [-0.05, 0) is 13.8 Å². The molecule has 7 heteroatoms. The highest BCUT2D eigenvalue weighted by molar-refractivity contribution is 5.76. The fourth-order valence-corrected chi connectivity index (χ4v) is 1.69. The maximum atomic E-state index is 11.5. The Hall–Kier alpha value is -1.76. The molecule has 1 heterocycles. The average Bonchev–Trinajstić information content (AvgIpc) is 2.66. The Kier molecular flexibility index (Phi) is 6.14. The molecule has 0 spiro atoms. The van der Waals surface area contributed by atoms with Crippen LogP contribution in [0, 0.1) is 6.92 Å². The normalized spacial score (nSPS) is 10.5. The van der Waals surface area contributed by atoms with Crippen LogP contribution in [0.2, 0.25) is 0 Å². The van der Waals surface area contributed by atoms with Crippen molar-refractivity contribution >= 4 is 17.4 Å². The Labute approximate surface area is 113 Å². The fourth-order valence-electron chi connectivity index (χ4n) is 1.69. The van der Waals surface area contributed by atoms with Crippen molar-refractivity contribution in [3.05, 3.63) is 5.69 Å². The van der Waals surface area contributed by atoms with Crippen LogP contribution < -0.4 is 16.4 Å². The minimum Gasteiger partial charge on any atom is -0.394 e. The highest BCUT2D eigenvalue weighted by Crippen LogP contribution is 2.21. The number of anilines is 2. The van der Waals surface area contributed by atoms with Gasteiger partial charge in [0.25, 0.3) is 0 Å². The van der Waals surface area contributed by atoms with Crippen molar-refractivity contribution in [3.8, 4) is 0 Å². The van der Waals surface area contributed by atoms with Crippen molar-refractivity contribution in [3.63, 3.8) is 0 Å². The van der Waals surface area contributed by atoms with Crippen LogP contribution in [-0.4, -0.2) is 42.5 Å². The maximum Gasteiger partial charge on any atom is 0.221 e. The van der Waals surface area contributed by atoms with E-state index in [-0.39, 0.29) is 5.91 Å². The molecule has 0 bridgehead atoms. The van der Waals surface area contributed by atoms with Crippen molar-refractivity contribution in [1.82, 2.24) is 15.1 Å². The first-order valence-corrected chi connectivity index (χ1v) is 6.42. The summed E-state index contributed by atoms with van der Waals surface area (Å²) in [5.41, 5.74) is 7.37. The zero-order valence-electron chi connectivity index (χ0n) is 11.8. The zero-order valence-corrected chi connectivity index (χ0v) is 11.8. The summed E-state index contributed by atoms with van der Waals surface area (Å²) in [6.45, 7) is 6.17. The first-order chi connectivity index (χ1) is 9.10. The molecule has 0 atom stereocenters. The van der Waals surface area contributed by atoms with Crippen LogP contribution in [0.1, 0.15) is 19.0 Å². The van der Waals surface area contributed by atoms with Gasteiger partial charge in [-0.2, -0.15) is 5.10 Å². The molecular weight excluding hydrogens is 246 g/mol. The van der Waals surface area contributed by atoms with Gasteiger partial charge in [-0.25, -0.2) is 4.68 Å². The number of amides is 1. The number of aryl methyl sites for hydroxylation is 2. The molecule has 0 aromatic carbocycles. The maximum absolute atomic E-state index is 11.5. The van der Waals surface area contributed by atoms with E-state index in [4.69, 9.17) is 10.5 Å². The predicted molar refractivity (Wildman–Crippen MR) is 75.0 cm³/mol. The molecule has 7 nitrogen and oxygen atoms in total. The van der Waals surface area contributed by atoms with E-state index < -0.39 is 0 Å². The van der Waals surface area contributed by atoms with Crippen LogP contribution in [0.3, 0.4) is 0 Å². The van der Waals surface area contributed by atoms with E-state index in [0.717, 1.165) is 18.1 Å². The molecule has 1 aromatic rings. The van der Waals surface area contributed by atoms with E-state index in [1.54, 1.807) is 11.8 Å². The van der Waals surface area contributed by atoms with Crippen LogP contribution in [0.4, 0.5) is 11.5 Å². The Balaban J connectivity index is 2.38. The van der Waals surface area contributed by atoms with E-state index in [9.17, 15) is 4.79 Å². The molecule has 0 saturated heterocycles. The number of nitrogen functional groups attached to an aromatic ring is 1. The number of nitrogens with zero attached hydrogens (tertiary/aromatic N) is 2. The molecular formula is C12H23N5O2. The number of nitrogens with two attached hydrogens (primary N) is 1. The molecule has 0 radical (unpaired) electrons. The van der Waals surface area contributed by atoms with Crippen LogP contribution >= 0.6 is 0 Å². The van der Waals surface area contributed by atoms with Crippen molar-refractivity contribution in [2.75, 3.05) is 37.9 Å². The first-order valence-electron chi connectivity index (χ1n) is 6.42. The fraction of sp³-hybridized carbons (Fsp3) is 0.667. The number of carbonyl (C=O) groups excluding carboxylic acids is 1. The van der Waals surface area contributed by atoms with Gasteiger partial charge in [-0.15, -0.1) is 0 Å². The van der Waals surface area contributed by atoms with Crippen LogP contribution in [0.5, 0.6) is 0 Å². The van der Waals surface area contributed by atoms with E-state index >= 15 is 0 Å². The number of hydrogen-bond acceptors (Lipinski definition) is 5. The molecule has 0 aliphatic carbocycles. The summed E-state index contributed by atoms with van der Waals surface area (Å²) in [6.07, 6.45) is 0.386. The highest BCUT2D eigenvalue weighted by Gasteiger charge is 2.11. The minimum atomic E-state index is -0.0117. The van der Waals surface area contributed by atoms with Gasteiger partial charge in [0.15, 0.2) is 0 Å². The number of ether oxygens (including phenoxy) is 1. The van der Waals surface area contributed by atoms with Gasteiger partial charge in [-0.1, -0.05) is 0 Å². The number of carbonyl (C=O) groups is 1. The lowest BCUT2D eigenvalue weighted by atomic mass is 10.3. The zero-order chi connectivity index (χ0) is 14.3. The van der Waals surface area contributed by atoms with Gasteiger partial charge >= 0.3 is 0 Å². The molecule has 19 heavy (non-hydrogen) atoms. The van der Waals surface area contributed by atoms with Gasteiger partial charge in [-0.3, -0.25) is 4.79 Å². The standard InChI is InChI=1S/C12H23N5O2/c1-4-17-12(11(13)9(2)16-17)15-6-5-10(18)14-7-8-19-3/h15H,4-8,13H2,1-3H3,(H,14,18). The quantitative estimate of drug-likeness (QED) is 0.592. The van der Waals surface area contributed by atoms with Crippen LogP contribution in [0.15, 0.2) is 0 Å². The molecule has 1 aromatic heterocycles. The Morgan fingerprint density at radius 3 is 2.84 bits per heavy atom. The topological polar surface area (TPSA) is 94.2 Å². The Morgan fingerprint density at radius 1 is 1.47 bits per heavy atom. The average molecular weight is 269 g/mol. The third-order valence-corrected chi connectivity index (χ3v) is 2.75. The van der Waals surface area contributed by atoms with Gasteiger partial charge < -0.3 is 21.1 Å². The molecule has 0 unspecified atom stereocenters. The van der Waals surface area contributed by atoms with Gasteiger partial charge in [0.2, 0.25) is 5.91 Å². The summed E-state index contributed by atoms with van der Waals surface area (Å²) in [4.78, 5) is 11.5. The number of hydrogen-bond donors (Lipinski definition) is 3. The third kappa shape index (κ3) is 4.44. The van der Waals surface area contributed by atoms with Gasteiger partial charge in [0, 0.05) is 33.2 Å². The van der Waals surface area contributed by atoms with Gasteiger partial charge in [0.05, 0.1) is 18.0 Å². The van der Waals surface area contributed by atoms with Crippen LogP contribution in [-0.2, 0) is 16.1 Å². The second-order valence-electron chi connectivity index (χ2n) is 4.18. The lowest BCUT2D eigenvalue weighted by Gasteiger charge is -2.09. The molecule has 0 fully saturated rings. The summed E-state index contributed by atoms with van der Waals surface area (Å²) in [7, 11) is 1.60. The molecule has 1 rings (SSSR count). The second kappa shape index (κ2) is 7.63. The van der Waals surface area contributed by atoms with Crippen molar-refractivity contribution in [2.45, 2.75) is 26.8 Å². The summed E-state index contributed by atoms with van der Waals surface area (Å²) in [5, 5.41) is 10.2. The number of nitrogens with one attached hydrogen (secondary N) is 2. The summed E-state index contributed by atoms with van der Waals surface area (Å²) in [5.74, 6) is 0.770. The Morgan fingerprint density at radius 2 is 2.21 bits per heavy atom. The number of aromatic nitrogens is 2. The second-order valence-corrected chi connectivity index (χ2v) is 4.18. The van der Waals surface area contributed by atoms with Crippen molar-refractivity contribution < 1.29 is 9.53 Å². The molecule has 4 N–H and O–H groups in total. The summed E-state index contributed by atoms with van der Waals surface area (Å²) < 4.78 is 6.66. The van der Waals surface area contributed by atoms with Crippen LogP contribution in [0.25, 0.3) is 0 Å². The monoisotopic (exact) mass is 269 g/mol. The largest absolute Gasteiger partial charge is 0.394 e. The lowest BCUT2D eigenvalue weighted by molar-refractivity contribution is -0.121. The number of methoxy groups -OCH3 is 1. The lowest BCUT2D eigenvalue weighted by Crippen LogP contribution is -2.28. The van der Waals surface area contributed by atoms with Crippen molar-refractivity contribution in [2.24, 2.45) is 0 Å². The molecule has 0 aliphatic heterocycles. The summed E-state index contributed by atoms with van der Waals surface area (Å²) in [6, 6.07) is 0. The third-order valence-electron chi connectivity index (χ3n) is 2.75. The predicted octanol–water partition coefficient (Wildman–Crippen LogP) is 0.358. The van der Waals surface area contributed by atoms with Gasteiger partial charge in [0.1, 0.15) is 5.82 Å². The van der Waals surface area contributed by atoms with E-state index in [1.165, 1.54) is 0 Å². The molecule has 0 saturated carbocycles. The van der Waals surface area contributed by atoms with E-state index in [1.807, 2.05) is 13.8 Å². The summed E-state index contributed by atoms with van der Waals surface area (Å²) >= 11 is 0. The molecule has 1 amide bonds. The Bertz CT molecular complexity index is 416. The molecule has 0 aliphatic rings. The molecule has 108 valence electrons. The van der Waals surface area contributed by atoms with Crippen molar-refractivity contribution in [1.29, 1.82) is 0 Å². The van der Waals surface area contributed by atoms with E-state index in [2.05, 4.69) is 15.7 Å². The smallest absolute Gasteiger partial charge is 0.221 e. The van der Waals surface area contributed by atoms with E-state index in [0.29, 0.717) is 31.8 Å². The minimum absolute atomic E-state index is 0.0117. The highest BCUT2D eigenvalue weighted by atomic mass is 16.5.